The highest BCUT2D eigenvalue weighted by atomic mass is 32.2. The van der Waals surface area contributed by atoms with Crippen LogP contribution in [0.15, 0.2) is 84.4 Å². The van der Waals surface area contributed by atoms with Gasteiger partial charge in [-0.3, -0.25) is 14.0 Å². The monoisotopic (exact) mass is 1180 g/mol. The van der Waals surface area contributed by atoms with E-state index >= 15 is 0 Å². The Morgan fingerprint density at radius 2 is 1.42 bits per heavy atom. The Bertz CT molecular complexity index is 3940. The smallest absolute Gasteiger partial charge is 0.295 e. The highest BCUT2D eigenvalue weighted by Crippen LogP contribution is 2.48. The minimum absolute atomic E-state index is 0.0547. The van der Waals surface area contributed by atoms with E-state index in [0.29, 0.717) is 88.4 Å². The second-order valence-corrected chi connectivity index (χ2v) is 24.9. The Morgan fingerprint density at radius 3 is 2.05 bits per heavy atom. The fourth-order valence-electron chi connectivity index (χ4n) is 9.05. The molecule has 0 bridgehead atoms. The maximum Gasteiger partial charge on any atom is 0.295 e. The molecule has 28 heteroatoms. The summed E-state index contributed by atoms with van der Waals surface area (Å²) in [7, 11) is -9.47. The SMILES string of the molecule is CCc1cc(C)c(SOOO)c(CC)c1Nc1nc(N(c2nc3ccc(S(=O)(=O)O)cc3s2)c2c(CC)cc(C)c(S(=O)(=O)O)c2CC)cc(C)c1N=Nc1c(C#N)c(C(C)(C)C)nn1-c1nc2ccc(SOOO)cc2s1. The van der Waals surface area contributed by atoms with Gasteiger partial charge in [0.05, 0.1) is 60.8 Å². The van der Waals surface area contributed by atoms with E-state index in [1.807, 2.05) is 54.5 Å². The van der Waals surface area contributed by atoms with Gasteiger partial charge in [0, 0.05) is 20.9 Å². The van der Waals surface area contributed by atoms with Gasteiger partial charge in [-0.15, -0.1) is 18.9 Å². The maximum absolute atomic E-state index is 13.4. The number of aryl methyl sites for hydroxylation is 5. The number of nitriles is 1. The molecular formula is C50H52N10O12S6. The van der Waals surface area contributed by atoms with Crippen molar-refractivity contribution in [3.8, 4) is 11.2 Å². The number of fused-ring (bicyclic) bond motifs is 2. The Morgan fingerprint density at radius 1 is 0.769 bits per heavy atom. The van der Waals surface area contributed by atoms with Crippen LogP contribution in [0.3, 0.4) is 0 Å². The number of aromatic nitrogens is 5. The van der Waals surface area contributed by atoms with Gasteiger partial charge in [0.2, 0.25) is 5.13 Å². The molecule has 8 rings (SSSR count). The first-order chi connectivity index (χ1) is 37.0. The van der Waals surface area contributed by atoms with E-state index in [0.717, 1.165) is 52.1 Å². The Hall–Kier alpha value is -6.01. The fraction of sp³-hybridized carbons (Fsp3) is 0.300. The van der Waals surface area contributed by atoms with Gasteiger partial charge in [-0.1, -0.05) is 93.3 Å². The van der Waals surface area contributed by atoms with Crippen LogP contribution in [0.5, 0.6) is 0 Å². The first-order valence-electron chi connectivity index (χ1n) is 23.9. The predicted molar refractivity (Wildman–Crippen MR) is 299 cm³/mol. The lowest BCUT2D eigenvalue weighted by Crippen LogP contribution is -2.19. The summed E-state index contributed by atoms with van der Waals surface area (Å²) >= 11 is 3.90. The van der Waals surface area contributed by atoms with Crippen LogP contribution in [-0.4, -0.2) is 61.2 Å². The third kappa shape index (κ3) is 11.7. The average Bonchev–Trinajstić information content (AvgIpc) is 4.19. The molecule has 0 aliphatic rings. The third-order valence-corrected chi connectivity index (χ3v) is 17.8. The number of pyridine rings is 1. The molecule has 0 fully saturated rings. The zero-order valence-electron chi connectivity index (χ0n) is 43.6. The van der Waals surface area contributed by atoms with Crippen LogP contribution < -0.4 is 10.2 Å². The minimum Gasteiger partial charge on any atom is -0.338 e. The molecule has 5 N–H and O–H groups in total. The second kappa shape index (κ2) is 23.4. The van der Waals surface area contributed by atoms with Gasteiger partial charge < -0.3 is 5.32 Å². The lowest BCUT2D eigenvalue weighted by Gasteiger charge is -2.29. The van der Waals surface area contributed by atoms with Crippen molar-refractivity contribution < 1.29 is 55.2 Å². The molecule has 4 aromatic carbocycles. The van der Waals surface area contributed by atoms with E-state index < -0.39 is 25.7 Å². The molecule has 8 aromatic rings. The summed E-state index contributed by atoms with van der Waals surface area (Å²) in [5.74, 6) is 0.349. The fourth-order valence-corrected chi connectivity index (χ4v) is 13.7. The largest absolute Gasteiger partial charge is 0.338 e. The average molecular weight is 1180 g/mol. The molecule has 0 aliphatic heterocycles. The van der Waals surface area contributed by atoms with E-state index in [1.54, 1.807) is 56.0 Å². The van der Waals surface area contributed by atoms with Crippen molar-refractivity contribution in [1.82, 2.24) is 24.7 Å². The molecule has 0 unspecified atom stereocenters. The van der Waals surface area contributed by atoms with Gasteiger partial charge in [0.1, 0.15) is 28.0 Å². The minimum atomic E-state index is -4.83. The van der Waals surface area contributed by atoms with Gasteiger partial charge in [-0.25, -0.2) is 25.5 Å². The standard InChI is InChI=1S/C50H52N10O12S6/c1-11-28-19-26(6)43(76-72-70-62)32(13-3)41(28)55-46-40(56-57-47-34(24-51)45(50(8,9)10)58-60(47)49-53-35-17-15-30(75-71-69-61)22-37(35)74-49)25(5)21-39(54-46)59(48-52-36-18-16-31(77(63,64)65)23-38(36)73-48)42-29(12-2)20-27(7)44(33(42)14-4)78(66,67)68/h15-23,61-62H,11-14H2,1-10H3,(H,54,55)(H,63,64,65)(H,66,67,68). The van der Waals surface area contributed by atoms with Crippen LogP contribution in [0.25, 0.3) is 25.6 Å². The number of hydrogen-bond donors (Lipinski definition) is 5. The summed E-state index contributed by atoms with van der Waals surface area (Å²) in [5.41, 5.74) is 6.08. The molecule has 0 saturated carbocycles. The van der Waals surface area contributed by atoms with Crippen molar-refractivity contribution in [3.63, 3.8) is 0 Å². The number of rotatable bonds is 20. The normalized spacial score (nSPS) is 12.4. The predicted octanol–water partition coefficient (Wildman–Crippen LogP) is 13.8. The van der Waals surface area contributed by atoms with Crippen molar-refractivity contribution in [1.29, 1.82) is 5.26 Å². The first kappa shape index (κ1) is 58.1. The summed E-state index contributed by atoms with van der Waals surface area (Å²) in [5, 5.41) is 55.5. The molecule has 0 atom stereocenters. The Labute approximate surface area is 465 Å². The van der Waals surface area contributed by atoms with E-state index in [9.17, 15) is 36.5 Å². The summed E-state index contributed by atoms with van der Waals surface area (Å²) in [4.78, 5) is 17.3. The highest BCUT2D eigenvalue weighted by molar-refractivity contribution is 7.94. The van der Waals surface area contributed by atoms with Crippen molar-refractivity contribution in [3.05, 3.63) is 105 Å². The lowest BCUT2D eigenvalue weighted by atomic mass is 9.90. The topological polar surface area (TPSA) is 306 Å². The molecule has 0 saturated heterocycles. The molecule has 4 heterocycles. The summed E-state index contributed by atoms with van der Waals surface area (Å²) in [6.45, 7) is 18.6. The molecule has 4 aromatic heterocycles. The Balaban J connectivity index is 1.45. The zero-order valence-corrected chi connectivity index (χ0v) is 48.5. The second-order valence-electron chi connectivity index (χ2n) is 18.6. The van der Waals surface area contributed by atoms with Crippen molar-refractivity contribution >= 4 is 127 Å². The van der Waals surface area contributed by atoms with E-state index in [2.05, 4.69) is 25.8 Å². The van der Waals surface area contributed by atoms with Crippen LogP contribution in [-0.2, 0) is 70.1 Å². The molecule has 0 amide bonds. The summed E-state index contributed by atoms with van der Waals surface area (Å²) < 4.78 is 84.5. The van der Waals surface area contributed by atoms with Crippen molar-refractivity contribution in [2.45, 2.75) is 120 Å². The Kier molecular flexibility index (Phi) is 17.4. The zero-order chi connectivity index (χ0) is 56.6. The molecule has 0 spiro atoms. The number of thiazole rings is 2. The first-order valence-corrected chi connectivity index (χ1v) is 29.9. The summed E-state index contributed by atoms with van der Waals surface area (Å²) in [6.07, 6.45) is 1.46. The van der Waals surface area contributed by atoms with Gasteiger partial charge >= 0.3 is 0 Å². The van der Waals surface area contributed by atoms with Crippen LogP contribution in [0, 0.1) is 32.1 Å². The molecule has 0 aliphatic carbocycles. The van der Waals surface area contributed by atoms with Crippen LogP contribution >= 0.6 is 46.8 Å². The number of nitrogens with one attached hydrogen (secondary N) is 1. The third-order valence-electron chi connectivity index (χ3n) is 12.5. The van der Waals surface area contributed by atoms with Crippen LogP contribution in [0.4, 0.5) is 39.6 Å². The van der Waals surface area contributed by atoms with E-state index in [4.69, 9.17) is 39.9 Å². The lowest BCUT2D eigenvalue weighted by molar-refractivity contribution is -0.432. The molecule has 22 nitrogen and oxygen atoms in total. The van der Waals surface area contributed by atoms with E-state index in [1.165, 1.54) is 34.2 Å². The van der Waals surface area contributed by atoms with Crippen LogP contribution in [0.2, 0.25) is 0 Å². The number of nitrogens with zero attached hydrogens (tertiary/aromatic N) is 9. The van der Waals surface area contributed by atoms with Gasteiger partial charge in [0.15, 0.2) is 16.8 Å². The van der Waals surface area contributed by atoms with Crippen LogP contribution in [0.1, 0.15) is 98.7 Å². The highest BCUT2D eigenvalue weighted by Gasteiger charge is 2.33. The van der Waals surface area contributed by atoms with Crippen molar-refractivity contribution in [2.75, 3.05) is 10.2 Å². The number of anilines is 5. The summed E-state index contributed by atoms with van der Waals surface area (Å²) in [6, 6.07) is 16.9. The number of benzene rings is 4. The maximum atomic E-state index is 13.4. The molecule has 410 valence electrons. The van der Waals surface area contributed by atoms with Gasteiger partial charge in [0.25, 0.3) is 20.2 Å². The molecule has 0 radical (unpaired) electrons. The molecular weight excluding hydrogens is 1130 g/mol. The van der Waals surface area contributed by atoms with Gasteiger partial charge in [-0.2, -0.15) is 31.9 Å². The number of hydrogen-bond acceptors (Lipinski definition) is 23. The van der Waals surface area contributed by atoms with Gasteiger partial charge in [-0.05, 0) is 128 Å². The number of azo groups is 1. The van der Waals surface area contributed by atoms with Crippen molar-refractivity contribution in [2.24, 2.45) is 10.2 Å². The molecule has 78 heavy (non-hydrogen) atoms. The van der Waals surface area contributed by atoms with E-state index in [-0.39, 0.29) is 55.6 Å². The quantitative estimate of drug-likeness (QED) is 0.0156.